The van der Waals surface area contributed by atoms with Crippen LogP contribution in [0.25, 0.3) is 0 Å². The molecule has 7 heteroatoms. The van der Waals surface area contributed by atoms with Gasteiger partial charge in [-0.2, -0.15) is 0 Å². The smallest absolute Gasteiger partial charge is 0.303 e. The highest BCUT2D eigenvalue weighted by Crippen LogP contribution is 2.25. The second-order valence-electron chi connectivity index (χ2n) is 5.39. The fourth-order valence-electron chi connectivity index (χ4n) is 2.23. The highest BCUT2D eigenvalue weighted by atomic mass is 16.5. The molecule has 2 aromatic rings. The Balaban J connectivity index is 1.96. The third-order valence-electron chi connectivity index (χ3n) is 3.57. The molecule has 0 radical (unpaired) electrons. The average Bonchev–Trinajstić information content (AvgIpc) is 2.65. The number of hydrogen-bond donors (Lipinski definition) is 2. The zero-order valence-corrected chi connectivity index (χ0v) is 14.7. The van der Waals surface area contributed by atoms with Crippen LogP contribution in [-0.4, -0.2) is 37.8 Å². The molecule has 7 nitrogen and oxygen atoms in total. The van der Waals surface area contributed by atoms with Gasteiger partial charge in [0.2, 0.25) is 0 Å². The maximum Gasteiger partial charge on any atom is 0.303 e. The molecule has 0 heterocycles. The SMILES string of the molecule is COc1ccc(C(=O)Nc2ccc(OCCCC(=O)O)cc2)c(OC)c1. The van der Waals surface area contributed by atoms with Crippen LogP contribution in [0.15, 0.2) is 42.5 Å². The predicted octanol–water partition coefficient (Wildman–Crippen LogP) is 3.20. The summed E-state index contributed by atoms with van der Waals surface area (Å²) in [4.78, 5) is 22.9. The van der Waals surface area contributed by atoms with Crippen LogP contribution in [0.3, 0.4) is 0 Å². The van der Waals surface area contributed by atoms with Crippen molar-refractivity contribution in [3.05, 3.63) is 48.0 Å². The molecule has 0 spiro atoms. The molecular weight excluding hydrogens is 338 g/mol. The molecule has 0 atom stereocenters. The van der Waals surface area contributed by atoms with Gasteiger partial charge in [-0.15, -0.1) is 0 Å². The molecule has 0 saturated heterocycles. The molecule has 1 amide bonds. The van der Waals surface area contributed by atoms with Gasteiger partial charge in [0.1, 0.15) is 17.2 Å². The molecule has 0 aliphatic carbocycles. The molecule has 0 saturated carbocycles. The highest BCUT2D eigenvalue weighted by molar-refractivity contribution is 6.06. The maximum atomic E-state index is 12.4. The van der Waals surface area contributed by atoms with E-state index in [1.165, 1.54) is 7.11 Å². The van der Waals surface area contributed by atoms with Crippen LogP contribution in [0.5, 0.6) is 17.2 Å². The van der Waals surface area contributed by atoms with Crippen molar-refractivity contribution < 1.29 is 28.9 Å². The summed E-state index contributed by atoms with van der Waals surface area (Å²) in [7, 11) is 3.03. The number of benzene rings is 2. The van der Waals surface area contributed by atoms with Crippen molar-refractivity contribution in [3.8, 4) is 17.2 Å². The number of nitrogens with one attached hydrogen (secondary N) is 1. The van der Waals surface area contributed by atoms with Crippen LogP contribution in [0.2, 0.25) is 0 Å². The normalized spacial score (nSPS) is 10.1. The number of carbonyl (C=O) groups excluding carboxylic acids is 1. The number of methoxy groups -OCH3 is 2. The Bertz CT molecular complexity index is 757. The number of carboxylic acid groups (broad SMARTS) is 1. The van der Waals surface area contributed by atoms with Crippen LogP contribution < -0.4 is 19.5 Å². The first kappa shape index (κ1) is 19.1. The second-order valence-corrected chi connectivity index (χ2v) is 5.39. The Labute approximate surface area is 151 Å². The number of ether oxygens (including phenoxy) is 3. The Hall–Kier alpha value is -3.22. The second kappa shape index (κ2) is 9.31. The molecule has 0 aliphatic heterocycles. The number of aliphatic carboxylic acids is 1. The molecular formula is C19H21NO6. The van der Waals surface area contributed by atoms with Gasteiger partial charge < -0.3 is 24.6 Å². The first-order chi connectivity index (χ1) is 12.5. The Morgan fingerprint density at radius 1 is 1.00 bits per heavy atom. The molecule has 0 unspecified atom stereocenters. The first-order valence-electron chi connectivity index (χ1n) is 8.01. The summed E-state index contributed by atoms with van der Waals surface area (Å²) in [6, 6.07) is 11.8. The van der Waals surface area contributed by atoms with Crippen LogP contribution in [0, 0.1) is 0 Å². The van der Waals surface area contributed by atoms with Gasteiger partial charge >= 0.3 is 5.97 Å². The zero-order chi connectivity index (χ0) is 18.9. The van der Waals surface area contributed by atoms with Gasteiger partial charge in [-0.05, 0) is 42.8 Å². The summed E-state index contributed by atoms with van der Waals surface area (Å²) < 4.78 is 15.8. The molecule has 2 N–H and O–H groups in total. The largest absolute Gasteiger partial charge is 0.497 e. The molecule has 0 aromatic heterocycles. The highest BCUT2D eigenvalue weighted by Gasteiger charge is 2.13. The van der Waals surface area contributed by atoms with E-state index in [1.807, 2.05) is 0 Å². The average molecular weight is 359 g/mol. The fraction of sp³-hybridized carbons (Fsp3) is 0.263. The summed E-state index contributed by atoms with van der Waals surface area (Å²) in [6.07, 6.45) is 0.503. The van der Waals surface area contributed by atoms with E-state index in [2.05, 4.69) is 5.32 Å². The van der Waals surface area contributed by atoms with Gasteiger partial charge in [0.05, 0.1) is 26.4 Å². The molecule has 2 rings (SSSR count). The Kier molecular flexibility index (Phi) is 6.84. The Morgan fingerprint density at radius 2 is 1.69 bits per heavy atom. The van der Waals surface area contributed by atoms with E-state index >= 15 is 0 Å². The lowest BCUT2D eigenvalue weighted by Gasteiger charge is -2.11. The zero-order valence-electron chi connectivity index (χ0n) is 14.7. The number of anilines is 1. The van der Waals surface area contributed by atoms with Gasteiger partial charge in [0.15, 0.2) is 0 Å². The Morgan fingerprint density at radius 3 is 2.31 bits per heavy atom. The van der Waals surface area contributed by atoms with Crippen LogP contribution in [-0.2, 0) is 4.79 Å². The van der Waals surface area contributed by atoms with E-state index < -0.39 is 5.97 Å². The van der Waals surface area contributed by atoms with Crippen LogP contribution in [0.1, 0.15) is 23.2 Å². The molecule has 0 bridgehead atoms. The van der Waals surface area contributed by atoms with E-state index in [1.54, 1.807) is 49.6 Å². The van der Waals surface area contributed by atoms with E-state index in [0.717, 1.165) is 0 Å². The topological polar surface area (TPSA) is 94.1 Å². The van der Waals surface area contributed by atoms with Crippen molar-refractivity contribution in [2.24, 2.45) is 0 Å². The number of carboxylic acids is 1. The van der Waals surface area contributed by atoms with Crippen molar-refractivity contribution in [1.29, 1.82) is 0 Å². The maximum absolute atomic E-state index is 12.4. The van der Waals surface area contributed by atoms with E-state index in [4.69, 9.17) is 19.3 Å². The lowest BCUT2D eigenvalue weighted by Crippen LogP contribution is -2.13. The third kappa shape index (κ3) is 5.41. The lowest BCUT2D eigenvalue weighted by molar-refractivity contribution is -0.137. The number of rotatable bonds is 9. The minimum atomic E-state index is -0.847. The fourth-order valence-corrected chi connectivity index (χ4v) is 2.23. The number of amides is 1. The lowest BCUT2D eigenvalue weighted by atomic mass is 10.1. The molecule has 0 fully saturated rings. The van der Waals surface area contributed by atoms with E-state index in [0.29, 0.717) is 41.5 Å². The van der Waals surface area contributed by atoms with Crippen molar-refractivity contribution >= 4 is 17.6 Å². The minimum Gasteiger partial charge on any atom is -0.497 e. The van der Waals surface area contributed by atoms with Crippen molar-refractivity contribution in [2.45, 2.75) is 12.8 Å². The van der Waals surface area contributed by atoms with Crippen molar-refractivity contribution in [1.82, 2.24) is 0 Å². The van der Waals surface area contributed by atoms with Gasteiger partial charge in [-0.25, -0.2) is 0 Å². The molecule has 2 aromatic carbocycles. The quantitative estimate of drug-likeness (QED) is 0.668. The summed E-state index contributed by atoms with van der Waals surface area (Å²) in [5.41, 5.74) is 0.994. The molecule has 26 heavy (non-hydrogen) atoms. The predicted molar refractivity (Wildman–Crippen MR) is 96.3 cm³/mol. The first-order valence-corrected chi connectivity index (χ1v) is 8.01. The standard InChI is InChI=1S/C19H21NO6/c1-24-15-9-10-16(17(12-15)25-2)19(23)20-13-5-7-14(8-6-13)26-11-3-4-18(21)22/h5-10,12H,3-4,11H2,1-2H3,(H,20,23)(H,21,22). The van der Waals surface area contributed by atoms with Gasteiger partial charge in [0, 0.05) is 18.2 Å². The van der Waals surface area contributed by atoms with Gasteiger partial charge in [0.25, 0.3) is 5.91 Å². The third-order valence-corrected chi connectivity index (χ3v) is 3.57. The molecule has 0 aliphatic rings. The van der Waals surface area contributed by atoms with Gasteiger partial charge in [-0.3, -0.25) is 9.59 Å². The molecule has 138 valence electrons. The monoisotopic (exact) mass is 359 g/mol. The van der Waals surface area contributed by atoms with Crippen LogP contribution in [0.4, 0.5) is 5.69 Å². The number of hydrogen-bond acceptors (Lipinski definition) is 5. The summed E-state index contributed by atoms with van der Waals surface area (Å²) in [6.45, 7) is 0.320. The summed E-state index contributed by atoms with van der Waals surface area (Å²) >= 11 is 0. The summed E-state index contributed by atoms with van der Waals surface area (Å²) in [5.74, 6) is 0.471. The minimum absolute atomic E-state index is 0.0673. The van der Waals surface area contributed by atoms with Crippen LogP contribution >= 0.6 is 0 Å². The van der Waals surface area contributed by atoms with E-state index in [-0.39, 0.29) is 12.3 Å². The number of carbonyl (C=O) groups is 2. The summed E-state index contributed by atoms with van der Waals surface area (Å²) in [5, 5.41) is 11.4. The van der Waals surface area contributed by atoms with Crippen molar-refractivity contribution in [2.75, 3.05) is 26.1 Å². The van der Waals surface area contributed by atoms with E-state index in [9.17, 15) is 9.59 Å². The van der Waals surface area contributed by atoms with Crippen molar-refractivity contribution in [3.63, 3.8) is 0 Å². The van der Waals surface area contributed by atoms with Gasteiger partial charge in [-0.1, -0.05) is 0 Å².